The van der Waals surface area contributed by atoms with E-state index in [0.29, 0.717) is 0 Å². The molecule has 0 aliphatic carbocycles. The topological polar surface area (TPSA) is 57.9 Å². The molecule has 0 atom stereocenters. The summed E-state index contributed by atoms with van der Waals surface area (Å²) in [5.41, 5.74) is 0.151. The summed E-state index contributed by atoms with van der Waals surface area (Å²) in [4.78, 5) is 0.221. The largest absolute Gasteiger partial charge is 0.218 e. The fourth-order valence-corrected chi connectivity index (χ4v) is 4.11. The highest BCUT2D eigenvalue weighted by Gasteiger charge is 2.21. The Kier molecular flexibility index (Phi) is 3.73. The zero-order chi connectivity index (χ0) is 15.7. The van der Waals surface area contributed by atoms with Crippen molar-refractivity contribution in [2.75, 3.05) is 0 Å². The summed E-state index contributed by atoms with van der Waals surface area (Å²) >= 11 is 3.39. The first-order valence-corrected chi connectivity index (χ1v) is 8.73. The van der Waals surface area contributed by atoms with Crippen molar-refractivity contribution >= 4 is 36.5 Å². The van der Waals surface area contributed by atoms with E-state index in [1.54, 1.807) is 30.3 Å². The summed E-state index contributed by atoms with van der Waals surface area (Å²) in [5.74, 6) is 0. The summed E-state index contributed by atoms with van der Waals surface area (Å²) in [7, 11) is -3.72. The highest BCUT2D eigenvalue weighted by molar-refractivity contribution is 9.10. The third-order valence-electron chi connectivity index (χ3n) is 3.38. The van der Waals surface area contributed by atoms with Gasteiger partial charge in [0.1, 0.15) is 6.07 Å². The lowest BCUT2D eigenvalue weighted by Gasteiger charge is -2.08. The Balaban J connectivity index is 2.21. The van der Waals surface area contributed by atoms with Gasteiger partial charge in [0.05, 0.1) is 15.4 Å². The number of hydrogen-bond donors (Lipinski definition) is 0. The Morgan fingerprint density at radius 2 is 1.59 bits per heavy atom. The van der Waals surface area contributed by atoms with Gasteiger partial charge in [-0.15, -0.1) is 0 Å². The highest BCUT2D eigenvalue weighted by Crippen LogP contribution is 2.28. The minimum Gasteiger partial charge on any atom is -0.218 e. The molecule has 0 aliphatic heterocycles. The van der Waals surface area contributed by atoms with Gasteiger partial charge in [0.25, 0.3) is 0 Å². The number of benzene rings is 3. The van der Waals surface area contributed by atoms with Crippen LogP contribution in [0.2, 0.25) is 0 Å². The van der Waals surface area contributed by atoms with E-state index in [4.69, 9.17) is 5.26 Å². The zero-order valence-corrected chi connectivity index (χ0v) is 13.7. The second-order valence-corrected chi connectivity index (χ2v) is 7.60. The predicted octanol–water partition coefficient (Wildman–Crippen LogP) is 4.31. The number of rotatable bonds is 2. The van der Waals surface area contributed by atoms with Crippen molar-refractivity contribution in [1.29, 1.82) is 5.26 Å². The van der Waals surface area contributed by atoms with Crippen molar-refractivity contribution in [1.82, 2.24) is 0 Å². The molecule has 0 spiro atoms. The third-order valence-corrected chi connectivity index (χ3v) is 5.68. The lowest BCUT2D eigenvalue weighted by atomic mass is 10.1. The minimum absolute atomic E-state index is 0.0361. The van der Waals surface area contributed by atoms with Crippen LogP contribution in [0.4, 0.5) is 0 Å². The maximum absolute atomic E-state index is 12.8. The second kappa shape index (κ2) is 5.56. The van der Waals surface area contributed by atoms with E-state index in [1.807, 2.05) is 24.3 Å². The van der Waals surface area contributed by atoms with Gasteiger partial charge < -0.3 is 0 Å². The van der Waals surface area contributed by atoms with Crippen LogP contribution in [0.3, 0.4) is 0 Å². The van der Waals surface area contributed by atoms with Crippen molar-refractivity contribution in [2.45, 2.75) is 9.79 Å². The first-order chi connectivity index (χ1) is 10.5. The van der Waals surface area contributed by atoms with Gasteiger partial charge in [-0.3, -0.25) is 0 Å². The monoisotopic (exact) mass is 371 g/mol. The third kappa shape index (κ3) is 2.52. The molecule has 22 heavy (non-hydrogen) atoms. The molecular weight excluding hydrogens is 362 g/mol. The normalized spacial score (nSPS) is 11.3. The Hall–Kier alpha value is -2.16. The van der Waals surface area contributed by atoms with Crippen molar-refractivity contribution in [3.05, 3.63) is 70.7 Å². The molecule has 0 aromatic heterocycles. The smallest absolute Gasteiger partial charge is 0.207 e. The summed E-state index contributed by atoms with van der Waals surface area (Å²) in [5, 5.41) is 10.9. The molecule has 0 heterocycles. The van der Waals surface area contributed by atoms with Gasteiger partial charge in [0, 0.05) is 4.47 Å². The molecule has 0 bridgehead atoms. The van der Waals surface area contributed by atoms with E-state index >= 15 is 0 Å². The molecule has 3 aromatic rings. The number of fused-ring (bicyclic) bond motifs is 1. The fourth-order valence-electron chi connectivity index (χ4n) is 2.28. The van der Waals surface area contributed by atoms with Crippen molar-refractivity contribution < 1.29 is 8.42 Å². The van der Waals surface area contributed by atoms with Gasteiger partial charge in [-0.05, 0) is 47.2 Å². The molecule has 0 unspecified atom stereocenters. The van der Waals surface area contributed by atoms with Gasteiger partial charge in [-0.2, -0.15) is 5.26 Å². The van der Waals surface area contributed by atoms with Crippen LogP contribution in [0.1, 0.15) is 5.56 Å². The number of nitriles is 1. The van der Waals surface area contributed by atoms with Crippen LogP contribution in [0.15, 0.2) is 74.9 Å². The lowest BCUT2D eigenvalue weighted by Crippen LogP contribution is -2.04. The summed E-state index contributed by atoms with van der Waals surface area (Å²) in [6.07, 6.45) is 0. The molecule has 0 aliphatic rings. The van der Waals surface area contributed by atoms with Crippen molar-refractivity contribution in [3.63, 3.8) is 0 Å². The Morgan fingerprint density at radius 3 is 2.36 bits per heavy atom. The molecule has 0 N–H and O–H groups in total. The Labute approximate surface area is 136 Å². The molecule has 3 aromatic carbocycles. The molecular formula is C17H10BrNO2S. The number of nitrogens with zero attached hydrogens (tertiary/aromatic N) is 1. The average Bonchev–Trinajstić information content (AvgIpc) is 2.54. The molecule has 0 fully saturated rings. The van der Waals surface area contributed by atoms with Gasteiger partial charge in [-0.1, -0.05) is 40.2 Å². The summed E-state index contributed by atoms with van der Waals surface area (Å²) < 4.78 is 26.5. The van der Waals surface area contributed by atoms with E-state index in [2.05, 4.69) is 15.9 Å². The van der Waals surface area contributed by atoms with Crippen LogP contribution in [0.5, 0.6) is 0 Å². The Bertz CT molecular complexity index is 1020. The molecule has 0 radical (unpaired) electrons. The van der Waals surface area contributed by atoms with E-state index in [1.165, 1.54) is 12.1 Å². The maximum atomic E-state index is 12.8. The minimum atomic E-state index is -3.72. The average molecular weight is 372 g/mol. The molecule has 0 saturated heterocycles. The predicted molar refractivity (Wildman–Crippen MR) is 88.3 cm³/mol. The molecule has 5 heteroatoms. The highest BCUT2D eigenvalue weighted by atomic mass is 79.9. The van der Waals surface area contributed by atoms with E-state index < -0.39 is 9.84 Å². The SMILES string of the molecule is N#Cc1ccccc1S(=O)(=O)c1ccc2cc(Br)ccc2c1. The summed E-state index contributed by atoms with van der Waals surface area (Å²) in [6.45, 7) is 0. The zero-order valence-electron chi connectivity index (χ0n) is 11.3. The van der Waals surface area contributed by atoms with Crippen LogP contribution >= 0.6 is 15.9 Å². The van der Waals surface area contributed by atoms with Crippen molar-refractivity contribution in [2.24, 2.45) is 0 Å². The van der Waals surface area contributed by atoms with E-state index in [0.717, 1.165) is 15.2 Å². The second-order valence-electron chi connectivity index (χ2n) is 4.76. The first kappa shape index (κ1) is 14.8. The van der Waals surface area contributed by atoms with Gasteiger partial charge in [0.15, 0.2) is 0 Å². The van der Waals surface area contributed by atoms with Crippen LogP contribution in [-0.4, -0.2) is 8.42 Å². The van der Waals surface area contributed by atoms with E-state index in [-0.39, 0.29) is 15.4 Å². The van der Waals surface area contributed by atoms with Gasteiger partial charge >= 0.3 is 0 Å². The first-order valence-electron chi connectivity index (χ1n) is 6.46. The molecule has 3 rings (SSSR count). The van der Waals surface area contributed by atoms with Crippen LogP contribution in [0.25, 0.3) is 10.8 Å². The van der Waals surface area contributed by atoms with Gasteiger partial charge in [-0.25, -0.2) is 8.42 Å². The van der Waals surface area contributed by atoms with Gasteiger partial charge in [0.2, 0.25) is 9.84 Å². The number of sulfone groups is 1. The molecule has 0 saturated carbocycles. The number of halogens is 1. The van der Waals surface area contributed by atoms with Crippen LogP contribution < -0.4 is 0 Å². The van der Waals surface area contributed by atoms with Crippen molar-refractivity contribution in [3.8, 4) is 6.07 Å². The standard InChI is InChI=1S/C17H10BrNO2S/c18-15-7-5-13-10-16(8-6-12(13)9-15)22(20,21)17-4-2-1-3-14(17)11-19/h1-10H. The van der Waals surface area contributed by atoms with Crippen LogP contribution in [-0.2, 0) is 9.84 Å². The van der Waals surface area contributed by atoms with Crippen LogP contribution in [0, 0.1) is 11.3 Å². The quantitative estimate of drug-likeness (QED) is 0.674. The van der Waals surface area contributed by atoms with E-state index in [9.17, 15) is 8.42 Å². The maximum Gasteiger partial charge on any atom is 0.207 e. The molecule has 108 valence electrons. The fraction of sp³-hybridized carbons (Fsp3) is 0. The Morgan fingerprint density at radius 1 is 0.909 bits per heavy atom. The molecule has 0 amide bonds. The summed E-state index contributed by atoms with van der Waals surface area (Å²) in [6, 6.07) is 18.8. The molecule has 3 nitrogen and oxygen atoms in total. The lowest BCUT2D eigenvalue weighted by molar-refractivity contribution is 0.596. The number of hydrogen-bond acceptors (Lipinski definition) is 3.